The number of aromatic nitrogens is 2. The van der Waals surface area contributed by atoms with Crippen LogP contribution in [0.3, 0.4) is 0 Å². The first kappa shape index (κ1) is 14.6. The Bertz CT molecular complexity index is 591. The van der Waals surface area contributed by atoms with Crippen molar-refractivity contribution in [1.82, 2.24) is 9.97 Å². The largest absolute Gasteiger partial charge is 0.481 e. The maximum atomic E-state index is 11.4. The van der Waals surface area contributed by atoms with Gasteiger partial charge in [0, 0.05) is 10.7 Å². The van der Waals surface area contributed by atoms with Gasteiger partial charge in [0.05, 0.1) is 17.8 Å². The van der Waals surface area contributed by atoms with Crippen LogP contribution in [0, 0.1) is 5.92 Å². The van der Waals surface area contributed by atoms with Crippen LogP contribution >= 0.6 is 15.9 Å². The molecule has 0 aromatic carbocycles. The van der Waals surface area contributed by atoms with Gasteiger partial charge >= 0.3 is 5.97 Å². The van der Waals surface area contributed by atoms with E-state index in [-0.39, 0.29) is 11.8 Å². The van der Waals surface area contributed by atoms with E-state index in [2.05, 4.69) is 44.1 Å². The Hall–Kier alpha value is -1.36. The molecule has 0 aliphatic heterocycles. The monoisotopic (exact) mass is 350 g/mol. The molecule has 2 aliphatic carbocycles. The molecule has 2 N–H and O–H groups in total. The number of nitrogens with zero attached hydrogens (tertiary/aromatic N) is 1. The van der Waals surface area contributed by atoms with E-state index in [0.717, 1.165) is 49.2 Å². The number of hydrogen-bond donors (Lipinski definition) is 2. The summed E-state index contributed by atoms with van der Waals surface area (Å²) in [5.74, 6) is -0.161. The van der Waals surface area contributed by atoms with Crippen molar-refractivity contribution < 1.29 is 9.90 Å². The molecule has 0 radical (unpaired) electrons. The molecule has 1 heterocycles. The van der Waals surface area contributed by atoms with E-state index in [1.807, 2.05) is 6.20 Å². The Labute approximate surface area is 132 Å². The van der Waals surface area contributed by atoms with Gasteiger partial charge in [0.15, 0.2) is 0 Å². The van der Waals surface area contributed by atoms with Crippen molar-refractivity contribution >= 4 is 27.5 Å². The number of aromatic amines is 1. The topological polar surface area (TPSA) is 66.0 Å². The summed E-state index contributed by atoms with van der Waals surface area (Å²) < 4.78 is 0. The normalized spacial score (nSPS) is 29.2. The summed E-state index contributed by atoms with van der Waals surface area (Å²) >= 11 is 3.56. The SMILES string of the molecule is O=C(O)C1CCCC[C@H]1c1ncc(C2=CCC(Br)C=C2)[nH]1. The number of hydrogen-bond acceptors (Lipinski definition) is 2. The minimum Gasteiger partial charge on any atom is -0.481 e. The molecule has 4 nitrogen and oxygen atoms in total. The summed E-state index contributed by atoms with van der Waals surface area (Å²) in [6.45, 7) is 0. The molecule has 5 heteroatoms. The number of imidazole rings is 1. The fraction of sp³-hybridized carbons (Fsp3) is 0.500. The predicted octanol–water partition coefficient (Wildman–Crippen LogP) is 3.87. The van der Waals surface area contributed by atoms with Crippen molar-refractivity contribution in [3.8, 4) is 0 Å². The zero-order chi connectivity index (χ0) is 14.8. The lowest BCUT2D eigenvalue weighted by Gasteiger charge is -2.26. The van der Waals surface area contributed by atoms with Crippen LogP contribution in [-0.4, -0.2) is 25.9 Å². The minimum atomic E-state index is -0.698. The average Bonchev–Trinajstić information content (AvgIpc) is 2.97. The first-order valence-corrected chi connectivity index (χ1v) is 8.37. The summed E-state index contributed by atoms with van der Waals surface area (Å²) in [4.78, 5) is 19.6. The molecule has 0 spiro atoms. The smallest absolute Gasteiger partial charge is 0.307 e. The minimum absolute atomic E-state index is 0.0158. The zero-order valence-electron chi connectivity index (χ0n) is 11.8. The van der Waals surface area contributed by atoms with E-state index in [1.165, 1.54) is 0 Å². The summed E-state index contributed by atoms with van der Waals surface area (Å²) in [6, 6.07) is 0. The molecule has 2 aliphatic rings. The molecule has 2 unspecified atom stereocenters. The Balaban J connectivity index is 1.81. The number of rotatable bonds is 3. The lowest BCUT2D eigenvalue weighted by molar-refractivity contribution is -0.143. The maximum absolute atomic E-state index is 11.4. The maximum Gasteiger partial charge on any atom is 0.307 e. The van der Waals surface area contributed by atoms with E-state index in [0.29, 0.717) is 4.83 Å². The van der Waals surface area contributed by atoms with Gasteiger partial charge in [-0.2, -0.15) is 0 Å². The number of nitrogens with one attached hydrogen (secondary N) is 1. The van der Waals surface area contributed by atoms with Crippen LogP contribution in [0.25, 0.3) is 5.57 Å². The highest BCUT2D eigenvalue weighted by Crippen LogP contribution is 2.37. The quantitative estimate of drug-likeness (QED) is 0.813. The number of alkyl halides is 1. The van der Waals surface area contributed by atoms with E-state index >= 15 is 0 Å². The number of carboxylic acid groups (broad SMARTS) is 1. The highest BCUT2D eigenvalue weighted by molar-refractivity contribution is 9.09. The van der Waals surface area contributed by atoms with Crippen LogP contribution in [0.15, 0.2) is 24.4 Å². The Morgan fingerprint density at radius 1 is 1.38 bits per heavy atom. The number of aliphatic carboxylic acids is 1. The van der Waals surface area contributed by atoms with Crippen molar-refractivity contribution in [3.05, 3.63) is 35.9 Å². The molecular weight excluding hydrogens is 332 g/mol. The number of carboxylic acids is 1. The van der Waals surface area contributed by atoms with Gasteiger partial charge < -0.3 is 10.1 Å². The molecule has 21 heavy (non-hydrogen) atoms. The third-order valence-electron chi connectivity index (χ3n) is 4.39. The molecule has 3 atom stereocenters. The highest BCUT2D eigenvalue weighted by atomic mass is 79.9. The first-order chi connectivity index (χ1) is 10.1. The van der Waals surface area contributed by atoms with Crippen molar-refractivity contribution in [2.75, 3.05) is 0 Å². The lowest BCUT2D eigenvalue weighted by Crippen LogP contribution is -2.26. The summed E-state index contributed by atoms with van der Waals surface area (Å²) in [5.41, 5.74) is 2.11. The van der Waals surface area contributed by atoms with Gasteiger partial charge in [0.2, 0.25) is 0 Å². The number of halogens is 1. The number of allylic oxidation sites excluding steroid dienone is 4. The molecule has 112 valence electrons. The average molecular weight is 351 g/mol. The molecule has 0 bridgehead atoms. The van der Waals surface area contributed by atoms with Crippen LogP contribution in [0.1, 0.15) is 49.5 Å². The van der Waals surface area contributed by atoms with Crippen LogP contribution < -0.4 is 0 Å². The van der Waals surface area contributed by atoms with E-state index < -0.39 is 5.97 Å². The third-order valence-corrected chi connectivity index (χ3v) is 5.07. The van der Waals surface area contributed by atoms with Crippen molar-refractivity contribution in [2.45, 2.75) is 42.8 Å². The summed E-state index contributed by atoms with van der Waals surface area (Å²) in [7, 11) is 0. The predicted molar refractivity (Wildman–Crippen MR) is 85.4 cm³/mol. The van der Waals surface area contributed by atoms with Gasteiger partial charge in [-0.05, 0) is 24.8 Å². The Morgan fingerprint density at radius 3 is 2.90 bits per heavy atom. The molecule has 1 aromatic heterocycles. The van der Waals surface area contributed by atoms with E-state index in [9.17, 15) is 9.90 Å². The van der Waals surface area contributed by atoms with Crippen LogP contribution in [-0.2, 0) is 4.79 Å². The third kappa shape index (κ3) is 3.12. The van der Waals surface area contributed by atoms with Crippen molar-refractivity contribution in [3.63, 3.8) is 0 Å². The van der Waals surface area contributed by atoms with E-state index in [1.54, 1.807) is 0 Å². The second-order valence-electron chi connectivity index (χ2n) is 5.79. The molecule has 0 amide bonds. The van der Waals surface area contributed by atoms with Crippen LogP contribution in [0.5, 0.6) is 0 Å². The van der Waals surface area contributed by atoms with Crippen LogP contribution in [0.2, 0.25) is 0 Å². The van der Waals surface area contributed by atoms with E-state index in [4.69, 9.17) is 0 Å². The fourth-order valence-corrected chi connectivity index (χ4v) is 3.56. The van der Waals surface area contributed by atoms with Gasteiger partial charge in [-0.1, -0.05) is 47.0 Å². The molecule has 1 saturated carbocycles. The second-order valence-corrected chi connectivity index (χ2v) is 6.96. The molecule has 1 fully saturated rings. The standard InChI is InChI=1S/C16H19BrN2O2/c17-11-7-5-10(6-8-11)14-9-18-15(19-14)12-3-1-2-4-13(12)16(20)21/h5-7,9,11-13H,1-4,8H2,(H,18,19)(H,20,21)/t11?,12-,13?/m1/s1. The molecular formula is C16H19BrN2O2. The Morgan fingerprint density at radius 2 is 2.19 bits per heavy atom. The lowest BCUT2D eigenvalue weighted by atomic mass is 9.79. The van der Waals surface area contributed by atoms with Gasteiger partial charge in [-0.15, -0.1) is 0 Å². The molecule has 1 aromatic rings. The van der Waals surface area contributed by atoms with Gasteiger partial charge in [0.1, 0.15) is 5.82 Å². The zero-order valence-corrected chi connectivity index (χ0v) is 13.3. The van der Waals surface area contributed by atoms with Gasteiger partial charge in [-0.25, -0.2) is 4.98 Å². The first-order valence-electron chi connectivity index (χ1n) is 7.45. The molecule has 3 rings (SSSR count). The van der Waals surface area contributed by atoms with Gasteiger partial charge in [-0.3, -0.25) is 4.79 Å². The second kappa shape index (κ2) is 6.18. The number of carbonyl (C=O) groups is 1. The van der Waals surface area contributed by atoms with Crippen molar-refractivity contribution in [1.29, 1.82) is 0 Å². The van der Waals surface area contributed by atoms with Gasteiger partial charge in [0.25, 0.3) is 0 Å². The van der Waals surface area contributed by atoms with Crippen molar-refractivity contribution in [2.24, 2.45) is 5.92 Å². The number of H-pyrrole nitrogens is 1. The fourth-order valence-electron chi connectivity index (χ4n) is 3.22. The summed E-state index contributed by atoms with van der Waals surface area (Å²) in [6.07, 6.45) is 12.9. The molecule has 0 saturated heterocycles. The summed E-state index contributed by atoms with van der Waals surface area (Å²) in [5, 5.41) is 9.39. The Kier molecular flexibility index (Phi) is 4.29. The highest BCUT2D eigenvalue weighted by Gasteiger charge is 2.33. The van der Waals surface area contributed by atoms with Crippen LogP contribution in [0.4, 0.5) is 0 Å².